The number of nitrogens with zero attached hydrogens (tertiary/aromatic N) is 3. The van der Waals surface area contributed by atoms with Gasteiger partial charge in [-0.2, -0.15) is 4.31 Å². The van der Waals surface area contributed by atoms with E-state index < -0.39 is 10.0 Å². The van der Waals surface area contributed by atoms with E-state index in [0.717, 1.165) is 31.2 Å². The summed E-state index contributed by atoms with van der Waals surface area (Å²) in [5, 5.41) is 8.65. The Bertz CT molecular complexity index is 1100. The summed E-state index contributed by atoms with van der Waals surface area (Å²) in [6, 6.07) is 16.8. The molecule has 6 nitrogen and oxygen atoms in total. The van der Waals surface area contributed by atoms with Crippen LogP contribution in [0.2, 0.25) is 0 Å². The van der Waals surface area contributed by atoms with E-state index >= 15 is 0 Å². The zero-order chi connectivity index (χ0) is 21.5. The van der Waals surface area contributed by atoms with E-state index in [1.807, 2.05) is 42.5 Å². The number of hydrogen-bond acceptors (Lipinski definition) is 6. The molecule has 0 saturated carbocycles. The molecule has 0 aliphatic carbocycles. The van der Waals surface area contributed by atoms with Crippen LogP contribution in [0.15, 0.2) is 75.2 Å². The van der Waals surface area contributed by atoms with E-state index in [4.69, 9.17) is 4.42 Å². The maximum absolute atomic E-state index is 12.9. The van der Waals surface area contributed by atoms with Crippen LogP contribution in [0.5, 0.6) is 0 Å². The predicted molar refractivity (Wildman–Crippen MR) is 123 cm³/mol. The average Bonchev–Trinajstić information content (AvgIpc) is 3.09. The highest BCUT2D eigenvalue weighted by atomic mass is 32.2. The Morgan fingerprint density at radius 1 is 0.935 bits per heavy atom. The zero-order valence-electron chi connectivity index (χ0n) is 17.2. The van der Waals surface area contributed by atoms with Crippen molar-refractivity contribution < 1.29 is 12.8 Å². The SMILES string of the molecule is O=S(=O)(c1ccc(-c2nnc(SCC=Cc3ccccc3)o2)cc1)N1CCCCCC1. The Kier molecular flexibility index (Phi) is 7.21. The third-order valence-electron chi connectivity index (χ3n) is 5.12. The number of hydrogen-bond donors (Lipinski definition) is 0. The molecule has 2 aromatic carbocycles. The highest BCUT2D eigenvalue weighted by molar-refractivity contribution is 7.99. The molecule has 31 heavy (non-hydrogen) atoms. The molecule has 1 aliphatic heterocycles. The lowest BCUT2D eigenvalue weighted by molar-refractivity contribution is 0.423. The fraction of sp³-hybridized carbons (Fsp3) is 0.304. The van der Waals surface area contributed by atoms with Crippen molar-refractivity contribution >= 4 is 27.9 Å². The minimum atomic E-state index is -3.46. The van der Waals surface area contributed by atoms with Gasteiger partial charge in [-0.25, -0.2) is 8.42 Å². The van der Waals surface area contributed by atoms with E-state index in [9.17, 15) is 8.42 Å². The second-order valence-electron chi connectivity index (χ2n) is 7.34. The van der Waals surface area contributed by atoms with E-state index in [-0.39, 0.29) is 0 Å². The maximum Gasteiger partial charge on any atom is 0.277 e. The maximum atomic E-state index is 12.9. The van der Waals surface area contributed by atoms with Crippen molar-refractivity contribution in [3.63, 3.8) is 0 Å². The first kappa shape index (κ1) is 21.8. The molecule has 3 aromatic rings. The Morgan fingerprint density at radius 2 is 1.65 bits per heavy atom. The molecule has 1 aromatic heterocycles. The van der Waals surface area contributed by atoms with E-state index in [2.05, 4.69) is 10.2 Å². The van der Waals surface area contributed by atoms with Gasteiger partial charge in [0.15, 0.2) is 0 Å². The smallest absolute Gasteiger partial charge is 0.277 e. The van der Waals surface area contributed by atoms with Gasteiger partial charge in [0.05, 0.1) is 4.90 Å². The average molecular weight is 456 g/mol. The van der Waals surface area contributed by atoms with E-state index in [0.29, 0.717) is 40.4 Å². The standard InChI is InChI=1S/C23H25N3O3S2/c27-31(28,26-16-6-1-2-7-17-26)21-14-12-20(13-15-21)22-24-25-23(29-22)30-18-8-11-19-9-4-3-5-10-19/h3-5,8-15H,1-2,6-7,16-18H2. The van der Waals surface area contributed by atoms with Crippen molar-refractivity contribution in [2.75, 3.05) is 18.8 Å². The minimum absolute atomic E-state index is 0.304. The molecule has 0 amide bonds. The van der Waals surface area contributed by atoms with Crippen LogP contribution in [0.25, 0.3) is 17.5 Å². The molecular formula is C23H25N3O3S2. The molecule has 1 saturated heterocycles. The van der Waals surface area contributed by atoms with Crippen molar-refractivity contribution in [1.29, 1.82) is 0 Å². The van der Waals surface area contributed by atoms with Gasteiger partial charge in [-0.3, -0.25) is 0 Å². The lowest BCUT2D eigenvalue weighted by Crippen LogP contribution is -2.31. The summed E-state index contributed by atoms with van der Waals surface area (Å²) in [5.74, 6) is 1.09. The van der Waals surface area contributed by atoms with Gasteiger partial charge in [0, 0.05) is 24.4 Å². The first-order valence-corrected chi connectivity index (χ1v) is 12.8. The predicted octanol–water partition coefficient (Wildman–Crippen LogP) is 5.11. The molecule has 2 heterocycles. The van der Waals surface area contributed by atoms with Gasteiger partial charge in [-0.15, -0.1) is 10.2 Å². The monoisotopic (exact) mass is 455 g/mol. The molecule has 0 unspecified atom stereocenters. The van der Waals surface area contributed by atoms with Gasteiger partial charge in [-0.05, 0) is 42.7 Å². The molecular weight excluding hydrogens is 430 g/mol. The van der Waals surface area contributed by atoms with Crippen molar-refractivity contribution in [2.24, 2.45) is 0 Å². The Morgan fingerprint density at radius 3 is 2.35 bits per heavy atom. The topological polar surface area (TPSA) is 76.3 Å². The van der Waals surface area contributed by atoms with Gasteiger partial charge in [0.2, 0.25) is 15.9 Å². The second-order valence-corrected chi connectivity index (χ2v) is 10.2. The Hall–Kier alpha value is -2.42. The molecule has 4 rings (SSSR count). The van der Waals surface area contributed by atoms with Crippen LogP contribution < -0.4 is 0 Å². The lowest BCUT2D eigenvalue weighted by Gasteiger charge is -2.19. The number of thioether (sulfide) groups is 1. The molecule has 0 bridgehead atoms. The molecule has 8 heteroatoms. The number of benzene rings is 2. The van der Waals surface area contributed by atoms with Gasteiger partial charge in [0.1, 0.15) is 0 Å². The molecule has 0 spiro atoms. The summed E-state index contributed by atoms with van der Waals surface area (Å²) in [7, 11) is -3.46. The van der Waals surface area contributed by atoms with Crippen LogP contribution in [-0.4, -0.2) is 41.8 Å². The molecule has 0 N–H and O–H groups in total. The van der Waals surface area contributed by atoms with Crippen molar-refractivity contribution in [1.82, 2.24) is 14.5 Å². The van der Waals surface area contributed by atoms with Gasteiger partial charge >= 0.3 is 0 Å². The summed E-state index contributed by atoms with van der Waals surface area (Å²) >= 11 is 1.45. The summed E-state index contributed by atoms with van der Waals surface area (Å²) < 4.78 is 33.1. The van der Waals surface area contributed by atoms with Crippen LogP contribution in [-0.2, 0) is 10.0 Å². The Balaban J connectivity index is 1.38. The number of sulfonamides is 1. The largest absolute Gasteiger partial charge is 0.411 e. The van der Waals surface area contributed by atoms with Gasteiger partial charge in [0.25, 0.3) is 5.22 Å². The van der Waals surface area contributed by atoms with Crippen molar-refractivity contribution in [3.05, 3.63) is 66.2 Å². The van der Waals surface area contributed by atoms with Crippen molar-refractivity contribution in [2.45, 2.75) is 35.8 Å². The Labute approximate surface area is 187 Å². The van der Waals surface area contributed by atoms with Crippen LogP contribution in [0, 0.1) is 0 Å². The first-order valence-electron chi connectivity index (χ1n) is 10.4. The number of rotatable bonds is 7. The fourth-order valence-electron chi connectivity index (χ4n) is 3.45. The third kappa shape index (κ3) is 5.64. The van der Waals surface area contributed by atoms with Crippen LogP contribution >= 0.6 is 11.8 Å². The van der Waals surface area contributed by atoms with E-state index in [1.54, 1.807) is 28.6 Å². The van der Waals surface area contributed by atoms with Gasteiger partial charge in [-0.1, -0.05) is 67.1 Å². The van der Waals surface area contributed by atoms with Crippen LogP contribution in [0.3, 0.4) is 0 Å². The van der Waals surface area contributed by atoms with Crippen molar-refractivity contribution in [3.8, 4) is 11.5 Å². The highest BCUT2D eigenvalue weighted by Gasteiger charge is 2.25. The first-order chi connectivity index (χ1) is 15.1. The molecule has 0 atom stereocenters. The minimum Gasteiger partial charge on any atom is -0.411 e. The number of aromatic nitrogens is 2. The normalized spacial score (nSPS) is 15.9. The van der Waals surface area contributed by atoms with Gasteiger partial charge < -0.3 is 4.42 Å². The molecule has 1 aliphatic rings. The summed E-state index contributed by atoms with van der Waals surface area (Å²) in [4.78, 5) is 0.304. The molecule has 0 radical (unpaired) electrons. The fourth-order valence-corrected chi connectivity index (χ4v) is 5.54. The zero-order valence-corrected chi connectivity index (χ0v) is 18.8. The quantitative estimate of drug-likeness (QED) is 0.461. The molecule has 1 fully saturated rings. The summed E-state index contributed by atoms with van der Waals surface area (Å²) in [6.45, 7) is 1.18. The van der Waals surface area contributed by atoms with Crippen LogP contribution in [0.1, 0.15) is 31.2 Å². The summed E-state index contributed by atoms with van der Waals surface area (Å²) in [6.07, 6.45) is 8.11. The van der Waals surface area contributed by atoms with Crippen LogP contribution in [0.4, 0.5) is 0 Å². The molecule has 162 valence electrons. The second kappa shape index (κ2) is 10.3. The van der Waals surface area contributed by atoms with E-state index in [1.165, 1.54) is 11.8 Å². The highest BCUT2D eigenvalue weighted by Crippen LogP contribution is 2.26. The third-order valence-corrected chi connectivity index (χ3v) is 7.81. The lowest BCUT2D eigenvalue weighted by atomic mass is 10.2. The summed E-state index contributed by atoms with van der Waals surface area (Å²) in [5.41, 5.74) is 1.85.